The minimum atomic E-state index is -0.236. The first-order valence-electron chi connectivity index (χ1n) is 8.62. The fourth-order valence-electron chi connectivity index (χ4n) is 3.02. The highest BCUT2D eigenvalue weighted by atomic mass is 19.1. The Hall–Kier alpha value is -3.35. The number of benzene rings is 1. The maximum Gasteiger partial charge on any atom is 0.160 e. The second kappa shape index (κ2) is 6.75. The lowest BCUT2D eigenvalue weighted by molar-refractivity contribution is 0.529. The highest BCUT2D eigenvalue weighted by Crippen LogP contribution is 2.27. The molecule has 6 nitrogen and oxygen atoms in total. The van der Waals surface area contributed by atoms with Gasteiger partial charge in [-0.25, -0.2) is 9.37 Å². The quantitative estimate of drug-likeness (QED) is 0.577. The number of imidazole rings is 1. The number of furan rings is 1. The smallest absolute Gasteiger partial charge is 0.160 e. The Bertz CT molecular complexity index is 1090. The molecular formula is C20H20FN5O. The number of anilines is 1. The first kappa shape index (κ1) is 17.1. The van der Waals surface area contributed by atoms with E-state index in [0.29, 0.717) is 17.9 Å². The molecular weight excluding hydrogens is 345 g/mol. The van der Waals surface area contributed by atoms with Crippen molar-refractivity contribution in [2.75, 3.05) is 5.32 Å². The van der Waals surface area contributed by atoms with E-state index >= 15 is 0 Å². The number of halogens is 1. The van der Waals surface area contributed by atoms with Crippen molar-refractivity contribution in [3.63, 3.8) is 0 Å². The Morgan fingerprint density at radius 2 is 2.04 bits per heavy atom. The van der Waals surface area contributed by atoms with Crippen molar-refractivity contribution >= 4 is 5.82 Å². The molecule has 0 aliphatic heterocycles. The summed E-state index contributed by atoms with van der Waals surface area (Å²) in [4.78, 5) is 4.32. The van der Waals surface area contributed by atoms with E-state index in [4.69, 9.17) is 4.42 Å². The molecule has 27 heavy (non-hydrogen) atoms. The lowest BCUT2D eigenvalue weighted by Crippen LogP contribution is -2.03. The molecule has 0 atom stereocenters. The standard InChI is InChI=1S/C20H20FN5O/c1-13-15(5-4-6-16(13)21)18-8-7-14(27-18)12-23-19-11-17(24-26(19)3)20-22-9-10-25(20)2/h4-11,23H,12H2,1-3H3. The zero-order valence-electron chi connectivity index (χ0n) is 15.4. The largest absolute Gasteiger partial charge is 0.459 e. The van der Waals surface area contributed by atoms with Gasteiger partial charge in [-0.15, -0.1) is 0 Å². The molecule has 138 valence electrons. The van der Waals surface area contributed by atoms with Crippen LogP contribution in [0.3, 0.4) is 0 Å². The molecule has 0 amide bonds. The van der Waals surface area contributed by atoms with Crippen LogP contribution < -0.4 is 5.32 Å². The molecule has 0 aliphatic carbocycles. The molecule has 0 saturated heterocycles. The Morgan fingerprint density at radius 1 is 1.19 bits per heavy atom. The Labute approximate surface area is 156 Å². The van der Waals surface area contributed by atoms with Crippen molar-refractivity contribution in [1.29, 1.82) is 0 Å². The maximum atomic E-state index is 13.8. The summed E-state index contributed by atoms with van der Waals surface area (Å²) in [5.41, 5.74) is 2.14. The van der Waals surface area contributed by atoms with Gasteiger partial charge < -0.3 is 14.3 Å². The van der Waals surface area contributed by atoms with Crippen LogP contribution in [0, 0.1) is 12.7 Å². The summed E-state index contributed by atoms with van der Waals surface area (Å²) in [5, 5.41) is 7.82. The Morgan fingerprint density at radius 3 is 2.81 bits per heavy atom. The van der Waals surface area contributed by atoms with E-state index in [9.17, 15) is 4.39 Å². The molecule has 0 bridgehead atoms. The van der Waals surface area contributed by atoms with Crippen molar-refractivity contribution in [2.24, 2.45) is 14.1 Å². The fraction of sp³-hybridized carbons (Fsp3) is 0.200. The van der Waals surface area contributed by atoms with Gasteiger partial charge in [0.05, 0.1) is 6.54 Å². The van der Waals surface area contributed by atoms with E-state index in [1.807, 2.05) is 49.1 Å². The van der Waals surface area contributed by atoms with Crippen molar-refractivity contribution in [3.05, 3.63) is 65.9 Å². The number of nitrogens with zero attached hydrogens (tertiary/aromatic N) is 4. The van der Waals surface area contributed by atoms with Gasteiger partial charge >= 0.3 is 0 Å². The number of nitrogens with one attached hydrogen (secondary N) is 1. The van der Waals surface area contributed by atoms with Crippen LogP contribution in [0.2, 0.25) is 0 Å². The van der Waals surface area contributed by atoms with E-state index in [-0.39, 0.29) is 5.82 Å². The molecule has 1 aromatic carbocycles. The van der Waals surface area contributed by atoms with Crippen LogP contribution in [0.1, 0.15) is 11.3 Å². The van der Waals surface area contributed by atoms with Gasteiger partial charge in [-0.05, 0) is 30.7 Å². The summed E-state index contributed by atoms with van der Waals surface area (Å²) in [7, 11) is 3.81. The van der Waals surface area contributed by atoms with E-state index < -0.39 is 0 Å². The SMILES string of the molecule is Cc1c(F)cccc1-c1ccc(CNc2cc(-c3nccn3C)nn2C)o1. The molecule has 0 saturated carbocycles. The fourth-order valence-corrected chi connectivity index (χ4v) is 3.02. The number of aryl methyl sites for hydroxylation is 2. The molecule has 0 radical (unpaired) electrons. The normalized spacial score (nSPS) is 11.1. The van der Waals surface area contributed by atoms with Gasteiger partial charge in [0.1, 0.15) is 28.8 Å². The van der Waals surface area contributed by atoms with E-state index in [2.05, 4.69) is 15.4 Å². The number of hydrogen-bond donors (Lipinski definition) is 1. The van der Waals surface area contributed by atoms with Crippen LogP contribution in [0.4, 0.5) is 10.2 Å². The van der Waals surface area contributed by atoms with Crippen molar-refractivity contribution < 1.29 is 8.81 Å². The van der Waals surface area contributed by atoms with Crippen LogP contribution in [-0.4, -0.2) is 19.3 Å². The van der Waals surface area contributed by atoms with Crippen LogP contribution in [0.15, 0.2) is 53.2 Å². The summed E-state index contributed by atoms with van der Waals surface area (Å²) >= 11 is 0. The minimum absolute atomic E-state index is 0.236. The third-order valence-electron chi connectivity index (χ3n) is 4.57. The zero-order chi connectivity index (χ0) is 19.0. The van der Waals surface area contributed by atoms with Gasteiger partial charge in [0.25, 0.3) is 0 Å². The summed E-state index contributed by atoms with van der Waals surface area (Å²) in [6.07, 6.45) is 3.63. The zero-order valence-corrected chi connectivity index (χ0v) is 15.4. The van der Waals surface area contributed by atoms with Gasteiger partial charge in [0, 0.05) is 38.1 Å². The van der Waals surface area contributed by atoms with Gasteiger partial charge in [0.2, 0.25) is 0 Å². The molecule has 1 N–H and O–H groups in total. The van der Waals surface area contributed by atoms with E-state index in [0.717, 1.165) is 28.7 Å². The highest BCUT2D eigenvalue weighted by molar-refractivity contribution is 5.62. The summed E-state index contributed by atoms with van der Waals surface area (Å²) in [5.74, 6) is 2.84. The molecule has 4 rings (SSSR count). The second-order valence-electron chi connectivity index (χ2n) is 6.43. The maximum absolute atomic E-state index is 13.8. The predicted octanol–water partition coefficient (Wildman–Crippen LogP) is 4.14. The lowest BCUT2D eigenvalue weighted by atomic mass is 10.1. The van der Waals surface area contributed by atoms with Crippen LogP contribution in [0.5, 0.6) is 0 Å². The highest BCUT2D eigenvalue weighted by Gasteiger charge is 2.13. The van der Waals surface area contributed by atoms with Gasteiger partial charge in [-0.3, -0.25) is 4.68 Å². The van der Waals surface area contributed by atoms with Crippen molar-refractivity contribution in [1.82, 2.24) is 19.3 Å². The summed E-state index contributed by atoms with van der Waals surface area (Å²) in [6, 6.07) is 10.7. The third kappa shape index (κ3) is 3.23. The molecule has 4 aromatic rings. The predicted molar refractivity (Wildman–Crippen MR) is 102 cm³/mol. The second-order valence-corrected chi connectivity index (χ2v) is 6.43. The first-order chi connectivity index (χ1) is 13.0. The molecule has 0 fully saturated rings. The average Bonchev–Trinajstić information content (AvgIpc) is 3.36. The summed E-state index contributed by atoms with van der Waals surface area (Å²) < 4.78 is 23.3. The van der Waals surface area contributed by atoms with Gasteiger partial charge in [0.15, 0.2) is 5.82 Å². The molecule has 3 heterocycles. The Balaban J connectivity index is 1.50. The van der Waals surface area contributed by atoms with Crippen molar-refractivity contribution in [3.8, 4) is 22.8 Å². The molecule has 0 aliphatic rings. The molecule has 0 unspecified atom stereocenters. The van der Waals surface area contributed by atoms with E-state index in [1.165, 1.54) is 6.07 Å². The van der Waals surface area contributed by atoms with Crippen LogP contribution >= 0.6 is 0 Å². The molecule has 0 spiro atoms. The summed E-state index contributed by atoms with van der Waals surface area (Å²) in [6.45, 7) is 2.24. The Kier molecular flexibility index (Phi) is 4.27. The molecule has 7 heteroatoms. The number of rotatable bonds is 5. The topological polar surface area (TPSA) is 60.8 Å². The van der Waals surface area contributed by atoms with Crippen LogP contribution in [-0.2, 0) is 20.6 Å². The van der Waals surface area contributed by atoms with Gasteiger partial charge in [-0.2, -0.15) is 5.10 Å². The molecule has 3 aromatic heterocycles. The van der Waals surface area contributed by atoms with E-state index in [1.54, 1.807) is 23.9 Å². The monoisotopic (exact) mass is 365 g/mol. The average molecular weight is 365 g/mol. The first-order valence-corrected chi connectivity index (χ1v) is 8.62. The number of hydrogen-bond acceptors (Lipinski definition) is 4. The third-order valence-corrected chi connectivity index (χ3v) is 4.57. The number of aromatic nitrogens is 4. The lowest BCUT2D eigenvalue weighted by Gasteiger charge is -2.05. The van der Waals surface area contributed by atoms with Crippen molar-refractivity contribution in [2.45, 2.75) is 13.5 Å². The minimum Gasteiger partial charge on any atom is -0.459 e. The van der Waals surface area contributed by atoms with Gasteiger partial charge in [-0.1, -0.05) is 12.1 Å². The van der Waals surface area contributed by atoms with Crippen LogP contribution in [0.25, 0.3) is 22.8 Å².